The maximum absolute atomic E-state index is 11.8. The zero-order valence-corrected chi connectivity index (χ0v) is 14.6. The lowest BCUT2D eigenvalue weighted by Crippen LogP contribution is -2.46. The van der Waals surface area contributed by atoms with Gasteiger partial charge in [-0.05, 0) is 61.3 Å². The molecule has 0 spiro atoms. The summed E-state index contributed by atoms with van der Waals surface area (Å²) < 4.78 is 11.2. The van der Waals surface area contributed by atoms with E-state index in [2.05, 4.69) is 26.1 Å². The van der Waals surface area contributed by atoms with Crippen LogP contribution in [-0.2, 0) is 9.47 Å². The van der Waals surface area contributed by atoms with Gasteiger partial charge >= 0.3 is 6.09 Å². The first kappa shape index (κ1) is 19.2. The maximum Gasteiger partial charge on any atom is 0.408 e. The second-order valence-electron chi connectivity index (χ2n) is 7.62. The second-order valence-corrected chi connectivity index (χ2v) is 7.62. The van der Waals surface area contributed by atoms with Gasteiger partial charge in [0.15, 0.2) is 0 Å². The second kappa shape index (κ2) is 7.30. The highest BCUT2D eigenvalue weighted by atomic mass is 16.6. The lowest BCUT2D eigenvalue weighted by molar-refractivity contribution is -0.0316. The predicted molar refractivity (Wildman–Crippen MR) is 83.0 cm³/mol. The number of hydrogen-bond donors (Lipinski definition) is 1. The van der Waals surface area contributed by atoms with Gasteiger partial charge in [0.05, 0.1) is 5.60 Å². The van der Waals surface area contributed by atoms with Crippen LogP contribution in [0.1, 0.15) is 74.7 Å². The van der Waals surface area contributed by atoms with Crippen LogP contribution in [0.4, 0.5) is 4.79 Å². The summed E-state index contributed by atoms with van der Waals surface area (Å²) in [5.74, 6) is 0. The highest BCUT2D eigenvalue weighted by molar-refractivity contribution is 5.68. The normalized spacial score (nSPS) is 13.2. The van der Waals surface area contributed by atoms with E-state index in [0.717, 1.165) is 19.3 Å². The third-order valence-electron chi connectivity index (χ3n) is 2.91. The van der Waals surface area contributed by atoms with Crippen LogP contribution in [0.2, 0.25) is 0 Å². The van der Waals surface area contributed by atoms with Crippen LogP contribution in [0.25, 0.3) is 0 Å². The molecule has 20 heavy (non-hydrogen) atoms. The van der Waals surface area contributed by atoms with E-state index in [9.17, 15) is 4.79 Å². The topological polar surface area (TPSA) is 47.6 Å². The van der Waals surface area contributed by atoms with Crippen molar-refractivity contribution in [3.63, 3.8) is 0 Å². The molecule has 120 valence electrons. The molecule has 0 aromatic rings. The molecule has 0 fully saturated rings. The molecule has 0 aliphatic carbocycles. The summed E-state index contributed by atoms with van der Waals surface area (Å²) in [6.07, 6.45) is 2.51. The first-order chi connectivity index (χ1) is 8.87. The molecule has 0 heterocycles. The van der Waals surface area contributed by atoms with Crippen molar-refractivity contribution in [2.75, 3.05) is 6.61 Å². The molecule has 4 heteroatoms. The Morgan fingerprint density at radius 1 is 1.00 bits per heavy atom. The Bertz CT molecular complexity index is 303. The van der Waals surface area contributed by atoms with Crippen LogP contribution in [0.15, 0.2) is 0 Å². The number of amides is 1. The number of nitrogens with one attached hydrogen (secondary N) is 1. The standard InChI is InChI=1S/C16H33NO3/c1-9-10-16(7,8)19-12-11-15(5,6)17-13(18)20-14(2,3)4/h9-12H2,1-8H3,(H,17,18). The first-order valence-electron chi connectivity index (χ1n) is 7.52. The van der Waals surface area contributed by atoms with Gasteiger partial charge in [-0.1, -0.05) is 13.3 Å². The van der Waals surface area contributed by atoms with Gasteiger partial charge in [0.2, 0.25) is 0 Å². The molecule has 0 saturated heterocycles. The SMILES string of the molecule is CCCC(C)(C)OCCC(C)(C)NC(=O)OC(C)(C)C. The number of carbonyl (C=O) groups excluding carboxylic acids is 1. The van der Waals surface area contributed by atoms with E-state index in [1.165, 1.54) is 0 Å². The lowest BCUT2D eigenvalue weighted by Gasteiger charge is -2.31. The van der Waals surface area contributed by atoms with Crippen LogP contribution in [0.3, 0.4) is 0 Å². The summed E-state index contributed by atoms with van der Waals surface area (Å²) in [6, 6.07) is 0. The van der Waals surface area contributed by atoms with Crippen LogP contribution in [0, 0.1) is 0 Å². The Balaban J connectivity index is 4.16. The minimum atomic E-state index is -0.472. The van der Waals surface area contributed by atoms with E-state index in [1.807, 2.05) is 34.6 Å². The average Bonchev–Trinajstić information content (AvgIpc) is 2.11. The molecule has 0 atom stereocenters. The van der Waals surface area contributed by atoms with Crippen molar-refractivity contribution >= 4 is 6.09 Å². The van der Waals surface area contributed by atoms with Crippen LogP contribution < -0.4 is 5.32 Å². The van der Waals surface area contributed by atoms with Crippen molar-refractivity contribution in [3.8, 4) is 0 Å². The molecule has 0 rings (SSSR count). The fraction of sp³-hybridized carbons (Fsp3) is 0.938. The summed E-state index contributed by atoms with van der Waals surface area (Å²) >= 11 is 0. The van der Waals surface area contributed by atoms with Gasteiger partial charge in [-0.3, -0.25) is 0 Å². The fourth-order valence-electron chi connectivity index (χ4n) is 1.90. The van der Waals surface area contributed by atoms with Gasteiger partial charge in [-0.15, -0.1) is 0 Å². The Morgan fingerprint density at radius 2 is 1.55 bits per heavy atom. The van der Waals surface area contributed by atoms with E-state index in [4.69, 9.17) is 9.47 Å². The van der Waals surface area contributed by atoms with Crippen LogP contribution in [-0.4, -0.2) is 29.4 Å². The smallest absolute Gasteiger partial charge is 0.408 e. The monoisotopic (exact) mass is 287 g/mol. The Kier molecular flexibility index (Phi) is 7.02. The summed E-state index contributed by atoms with van der Waals surface area (Å²) in [5.41, 5.74) is -0.916. The van der Waals surface area contributed by atoms with E-state index in [-0.39, 0.29) is 17.2 Å². The average molecular weight is 287 g/mol. The largest absolute Gasteiger partial charge is 0.444 e. The van der Waals surface area contributed by atoms with Crippen molar-refractivity contribution in [2.24, 2.45) is 0 Å². The van der Waals surface area contributed by atoms with Crippen molar-refractivity contribution in [2.45, 2.75) is 91.4 Å². The lowest BCUT2D eigenvalue weighted by atomic mass is 10.0. The number of carbonyl (C=O) groups is 1. The molecule has 0 unspecified atom stereocenters. The zero-order valence-electron chi connectivity index (χ0n) is 14.6. The van der Waals surface area contributed by atoms with E-state index in [1.54, 1.807) is 0 Å². The highest BCUT2D eigenvalue weighted by Crippen LogP contribution is 2.19. The third kappa shape index (κ3) is 10.1. The minimum absolute atomic E-state index is 0.100. The fourth-order valence-corrected chi connectivity index (χ4v) is 1.90. The third-order valence-corrected chi connectivity index (χ3v) is 2.91. The molecule has 0 aliphatic heterocycles. The molecule has 1 N–H and O–H groups in total. The summed E-state index contributed by atoms with van der Waals surface area (Å²) in [7, 11) is 0. The number of hydrogen-bond acceptors (Lipinski definition) is 3. The van der Waals surface area contributed by atoms with Gasteiger partial charge < -0.3 is 14.8 Å². The van der Waals surface area contributed by atoms with E-state index >= 15 is 0 Å². The summed E-state index contributed by atoms with van der Waals surface area (Å²) in [4.78, 5) is 11.8. The molecular formula is C16H33NO3. The number of rotatable bonds is 7. The molecular weight excluding hydrogens is 254 g/mol. The molecule has 0 aromatic heterocycles. The first-order valence-corrected chi connectivity index (χ1v) is 7.52. The quantitative estimate of drug-likeness (QED) is 0.760. The molecule has 4 nitrogen and oxygen atoms in total. The molecule has 0 aliphatic rings. The summed E-state index contributed by atoms with van der Waals surface area (Å²) in [6.45, 7) is 16.5. The molecule has 0 saturated carbocycles. The summed E-state index contributed by atoms with van der Waals surface area (Å²) in [5, 5.41) is 2.89. The van der Waals surface area contributed by atoms with Crippen LogP contribution >= 0.6 is 0 Å². The van der Waals surface area contributed by atoms with Crippen molar-refractivity contribution in [1.82, 2.24) is 5.32 Å². The van der Waals surface area contributed by atoms with E-state index < -0.39 is 5.60 Å². The van der Waals surface area contributed by atoms with Crippen LogP contribution in [0.5, 0.6) is 0 Å². The number of alkyl carbamates (subject to hydrolysis) is 1. The van der Waals surface area contributed by atoms with Crippen molar-refractivity contribution in [3.05, 3.63) is 0 Å². The molecule has 0 bridgehead atoms. The molecule has 0 aromatic carbocycles. The Labute approximate surface area is 124 Å². The van der Waals surface area contributed by atoms with Crippen molar-refractivity contribution < 1.29 is 14.3 Å². The van der Waals surface area contributed by atoms with Gasteiger partial charge in [0, 0.05) is 12.1 Å². The van der Waals surface area contributed by atoms with Gasteiger partial charge in [-0.2, -0.15) is 0 Å². The van der Waals surface area contributed by atoms with E-state index in [0.29, 0.717) is 6.61 Å². The van der Waals surface area contributed by atoms with Gasteiger partial charge in [0.1, 0.15) is 5.60 Å². The maximum atomic E-state index is 11.8. The van der Waals surface area contributed by atoms with Gasteiger partial charge in [-0.25, -0.2) is 4.79 Å². The Hall–Kier alpha value is -0.770. The predicted octanol–water partition coefficient (Wildman–Crippen LogP) is 4.28. The Morgan fingerprint density at radius 3 is 2.00 bits per heavy atom. The van der Waals surface area contributed by atoms with Gasteiger partial charge in [0.25, 0.3) is 0 Å². The number of ether oxygens (including phenoxy) is 2. The molecule has 0 radical (unpaired) electrons. The minimum Gasteiger partial charge on any atom is -0.444 e. The highest BCUT2D eigenvalue weighted by Gasteiger charge is 2.25. The van der Waals surface area contributed by atoms with Crippen molar-refractivity contribution in [1.29, 1.82) is 0 Å². The molecule has 1 amide bonds. The zero-order chi connectivity index (χ0) is 16.0.